The molecule has 2 heterocycles. The Balaban J connectivity index is 1.59. The number of rotatable bonds is 7. The van der Waals surface area contributed by atoms with Gasteiger partial charge in [0, 0.05) is 31.9 Å². The minimum absolute atomic E-state index is 0.0178. The molecule has 2 aromatic heterocycles. The fourth-order valence-electron chi connectivity index (χ4n) is 1.70. The van der Waals surface area contributed by atoms with Gasteiger partial charge in [-0.15, -0.1) is 0 Å². The van der Waals surface area contributed by atoms with Crippen LogP contribution in [0.4, 0.5) is 0 Å². The first-order chi connectivity index (χ1) is 9.84. The third kappa shape index (κ3) is 5.16. The summed E-state index contributed by atoms with van der Waals surface area (Å²) in [6.45, 7) is 1.78. The fourth-order valence-corrected chi connectivity index (χ4v) is 1.70. The molecule has 0 aliphatic carbocycles. The van der Waals surface area contributed by atoms with Gasteiger partial charge >= 0.3 is 0 Å². The summed E-state index contributed by atoms with van der Waals surface area (Å²) in [7, 11) is 0. The predicted octanol–water partition coefficient (Wildman–Crippen LogP) is 1.27. The van der Waals surface area contributed by atoms with Crippen molar-refractivity contribution in [1.82, 2.24) is 20.6 Å². The summed E-state index contributed by atoms with van der Waals surface area (Å²) in [4.78, 5) is 20.0. The van der Waals surface area contributed by atoms with E-state index in [0.717, 1.165) is 11.4 Å². The zero-order valence-electron chi connectivity index (χ0n) is 11.2. The Morgan fingerprint density at radius 2 is 1.60 bits per heavy atom. The Labute approximate surface area is 118 Å². The van der Waals surface area contributed by atoms with E-state index >= 15 is 0 Å². The number of nitrogens with zero attached hydrogens (tertiary/aromatic N) is 2. The van der Waals surface area contributed by atoms with Gasteiger partial charge in [-0.05, 0) is 24.3 Å². The lowest BCUT2D eigenvalue weighted by atomic mass is 10.3. The van der Waals surface area contributed by atoms with E-state index in [0.29, 0.717) is 26.1 Å². The highest BCUT2D eigenvalue weighted by Gasteiger charge is 2.01. The maximum Gasteiger partial charge on any atom is 0.221 e. The molecule has 0 radical (unpaired) electrons. The molecule has 5 heteroatoms. The third-order valence-corrected chi connectivity index (χ3v) is 2.75. The van der Waals surface area contributed by atoms with Gasteiger partial charge in [-0.2, -0.15) is 0 Å². The molecule has 0 aliphatic rings. The maximum absolute atomic E-state index is 11.6. The highest BCUT2D eigenvalue weighted by atomic mass is 16.1. The van der Waals surface area contributed by atoms with E-state index in [4.69, 9.17) is 0 Å². The Morgan fingerprint density at radius 3 is 2.20 bits per heavy atom. The summed E-state index contributed by atoms with van der Waals surface area (Å²) in [5.74, 6) is 0.0178. The molecule has 0 aliphatic heterocycles. The van der Waals surface area contributed by atoms with Crippen molar-refractivity contribution < 1.29 is 4.79 Å². The van der Waals surface area contributed by atoms with Crippen molar-refractivity contribution in [2.45, 2.75) is 19.5 Å². The van der Waals surface area contributed by atoms with Gasteiger partial charge in [-0.25, -0.2) is 0 Å². The molecule has 2 aromatic rings. The van der Waals surface area contributed by atoms with Gasteiger partial charge in [0.25, 0.3) is 0 Å². The number of aromatic nitrogens is 2. The molecule has 0 spiro atoms. The second-order valence-corrected chi connectivity index (χ2v) is 4.35. The van der Waals surface area contributed by atoms with Gasteiger partial charge in [0.05, 0.1) is 17.9 Å². The molecule has 0 saturated carbocycles. The van der Waals surface area contributed by atoms with Crippen molar-refractivity contribution in [2.24, 2.45) is 0 Å². The van der Waals surface area contributed by atoms with E-state index in [1.165, 1.54) is 0 Å². The fraction of sp³-hybridized carbons (Fsp3) is 0.267. The van der Waals surface area contributed by atoms with Crippen molar-refractivity contribution in [2.75, 3.05) is 6.54 Å². The van der Waals surface area contributed by atoms with Crippen LogP contribution in [0.1, 0.15) is 17.8 Å². The SMILES string of the molecule is O=C(CCNCc1ccccn1)NCc1ccccn1. The summed E-state index contributed by atoms with van der Waals surface area (Å²) < 4.78 is 0. The minimum atomic E-state index is 0.0178. The molecule has 0 saturated heterocycles. The van der Waals surface area contributed by atoms with Crippen LogP contribution in [0.15, 0.2) is 48.8 Å². The van der Waals surface area contributed by atoms with Gasteiger partial charge in [-0.1, -0.05) is 12.1 Å². The summed E-state index contributed by atoms with van der Waals surface area (Å²) in [5, 5.41) is 6.03. The highest BCUT2D eigenvalue weighted by molar-refractivity contribution is 5.75. The van der Waals surface area contributed by atoms with Crippen LogP contribution in [-0.4, -0.2) is 22.4 Å². The summed E-state index contributed by atoms with van der Waals surface area (Å²) in [5.41, 5.74) is 1.84. The first-order valence-electron chi connectivity index (χ1n) is 6.62. The Kier molecular flexibility index (Phi) is 5.67. The number of pyridine rings is 2. The molecule has 2 rings (SSSR count). The van der Waals surface area contributed by atoms with E-state index in [1.807, 2.05) is 36.4 Å². The van der Waals surface area contributed by atoms with Crippen LogP contribution in [0.3, 0.4) is 0 Å². The van der Waals surface area contributed by atoms with Crippen molar-refractivity contribution >= 4 is 5.91 Å². The predicted molar refractivity (Wildman–Crippen MR) is 76.6 cm³/mol. The van der Waals surface area contributed by atoms with Crippen LogP contribution in [0.5, 0.6) is 0 Å². The van der Waals surface area contributed by atoms with Crippen molar-refractivity contribution in [3.05, 3.63) is 60.2 Å². The van der Waals surface area contributed by atoms with E-state index in [1.54, 1.807) is 12.4 Å². The summed E-state index contributed by atoms with van der Waals surface area (Å²) >= 11 is 0. The Bertz CT molecular complexity index is 516. The largest absolute Gasteiger partial charge is 0.350 e. The number of carbonyl (C=O) groups is 1. The quantitative estimate of drug-likeness (QED) is 0.744. The molecule has 104 valence electrons. The van der Waals surface area contributed by atoms with Crippen molar-refractivity contribution in [3.63, 3.8) is 0 Å². The second kappa shape index (κ2) is 8.01. The van der Waals surface area contributed by atoms with Crippen molar-refractivity contribution in [3.8, 4) is 0 Å². The van der Waals surface area contributed by atoms with Crippen LogP contribution >= 0.6 is 0 Å². The monoisotopic (exact) mass is 270 g/mol. The smallest absolute Gasteiger partial charge is 0.221 e. The standard InChI is InChI=1S/C15H18N4O/c20-15(19-12-14-6-2-4-9-18-14)7-10-16-11-13-5-1-3-8-17-13/h1-6,8-9,16H,7,10-12H2,(H,19,20). The lowest BCUT2D eigenvalue weighted by molar-refractivity contribution is -0.121. The molecule has 0 aromatic carbocycles. The highest BCUT2D eigenvalue weighted by Crippen LogP contribution is 1.93. The topological polar surface area (TPSA) is 66.9 Å². The zero-order chi connectivity index (χ0) is 14.0. The van der Waals surface area contributed by atoms with Gasteiger partial charge < -0.3 is 10.6 Å². The van der Waals surface area contributed by atoms with Gasteiger partial charge in [-0.3, -0.25) is 14.8 Å². The van der Waals surface area contributed by atoms with Gasteiger partial charge in [0.15, 0.2) is 0 Å². The first-order valence-corrected chi connectivity index (χ1v) is 6.62. The molecule has 0 unspecified atom stereocenters. The average molecular weight is 270 g/mol. The molecular weight excluding hydrogens is 252 g/mol. The summed E-state index contributed by atoms with van der Waals surface area (Å²) in [6.07, 6.45) is 3.92. The van der Waals surface area contributed by atoms with Gasteiger partial charge in [0.1, 0.15) is 0 Å². The van der Waals surface area contributed by atoms with Crippen LogP contribution in [0.25, 0.3) is 0 Å². The molecule has 1 amide bonds. The number of carbonyl (C=O) groups excluding carboxylic acids is 1. The maximum atomic E-state index is 11.6. The molecule has 0 fully saturated rings. The molecule has 20 heavy (non-hydrogen) atoms. The van der Waals surface area contributed by atoms with Crippen LogP contribution in [0.2, 0.25) is 0 Å². The molecule has 0 bridgehead atoms. The van der Waals surface area contributed by atoms with Crippen LogP contribution in [0, 0.1) is 0 Å². The first kappa shape index (κ1) is 14.1. The van der Waals surface area contributed by atoms with Gasteiger partial charge in [0.2, 0.25) is 5.91 Å². The zero-order valence-corrected chi connectivity index (χ0v) is 11.2. The van der Waals surface area contributed by atoms with E-state index < -0.39 is 0 Å². The Hall–Kier alpha value is -2.27. The lowest BCUT2D eigenvalue weighted by Gasteiger charge is -2.06. The number of nitrogens with one attached hydrogen (secondary N) is 2. The third-order valence-electron chi connectivity index (χ3n) is 2.75. The second-order valence-electron chi connectivity index (χ2n) is 4.35. The molecule has 2 N–H and O–H groups in total. The number of amides is 1. The normalized spacial score (nSPS) is 10.2. The molecule has 0 atom stereocenters. The minimum Gasteiger partial charge on any atom is -0.350 e. The lowest BCUT2D eigenvalue weighted by Crippen LogP contribution is -2.27. The Morgan fingerprint density at radius 1 is 0.950 bits per heavy atom. The molecule has 5 nitrogen and oxygen atoms in total. The number of hydrogen-bond acceptors (Lipinski definition) is 4. The van der Waals surface area contributed by atoms with Crippen LogP contribution in [-0.2, 0) is 17.9 Å². The van der Waals surface area contributed by atoms with E-state index in [2.05, 4.69) is 20.6 Å². The average Bonchev–Trinajstić information content (AvgIpc) is 2.52. The van der Waals surface area contributed by atoms with Crippen LogP contribution < -0.4 is 10.6 Å². The van der Waals surface area contributed by atoms with E-state index in [9.17, 15) is 4.79 Å². The summed E-state index contributed by atoms with van der Waals surface area (Å²) in [6, 6.07) is 11.4. The van der Waals surface area contributed by atoms with E-state index in [-0.39, 0.29) is 5.91 Å². The number of hydrogen-bond donors (Lipinski definition) is 2. The van der Waals surface area contributed by atoms with Crippen molar-refractivity contribution in [1.29, 1.82) is 0 Å². The molecular formula is C15H18N4O.